The lowest BCUT2D eigenvalue weighted by Crippen LogP contribution is -2.15. The molecule has 1 N–H and O–H groups in total. The number of Topliss-reactive ketones (excluding diaryl/α,β-unsaturated/α-hetero) is 1. The van der Waals surface area contributed by atoms with E-state index in [1.54, 1.807) is 30.3 Å². The van der Waals surface area contributed by atoms with E-state index < -0.39 is 11.7 Å². The minimum absolute atomic E-state index is 0.0773. The van der Waals surface area contributed by atoms with Crippen LogP contribution in [0.4, 0.5) is 10.1 Å². The maximum atomic E-state index is 13.7. The van der Waals surface area contributed by atoms with Crippen LogP contribution in [0, 0.1) is 5.82 Å². The van der Waals surface area contributed by atoms with Gasteiger partial charge in [0, 0.05) is 10.0 Å². The van der Waals surface area contributed by atoms with Gasteiger partial charge in [-0.25, -0.2) is 4.39 Å². The maximum Gasteiger partial charge on any atom is 0.258 e. The number of hydrogen-bond acceptors (Lipinski definition) is 2. The molecule has 0 aliphatic heterocycles. The molecule has 5 heteroatoms. The quantitative estimate of drug-likeness (QED) is 0.860. The van der Waals surface area contributed by atoms with E-state index >= 15 is 0 Å². The first-order chi connectivity index (χ1) is 9.49. The third-order valence-corrected chi connectivity index (χ3v) is 3.22. The summed E-state index contributed by atoms with van der Waals surface area (Å²) < 4.78 is 14.3. The Morgan fingerprint density at radius 3 is 2.45 bits per heavy atom. The monoisotopic (exact) mass is 335 g/mol. The summed E-state index contributed by atoms with van der Waals surface area (Å²) in [5.41, 5.74) is 0.678. The molecule has 0 aliphatic carbocycles. The molecule has 0 radical (unpaired) electrons. The van der Waals surface area contributed by atoms with Gasteiger partial charge in [0.15, 0.2) is 5.78 Å². The van der Waals surface area contributed by atoms with Gasteiger partial charge in [0.05, 0.1) is 11.3 Å². The van der Waals surface area contributed by atoms with Crippen LogP contribution in [-0.4, -0.2) is 11.7 Å². The fourth-order valence-electron chi connectivity index (χ4n) is 1.76. The van der Waals surface area contributed by atoms with Crippen molar-refractivity contribution in [1.82, 2.24) is 0 Å². The van der Waals surface area contributed by atoms with Crippen molar-refractivity contribution in [2.45, 2.75) is 6.92 Å². The van der Waals surface area contributed by atoms with Gasteiger partial charge in [0.1, 0.15) is 5.82 Å². The first-order valence-electron chi connectivity index (χ1n) is 5.85. The van der Waals surface area contributed by atoms with Gasteiger partial charge in [0.25, 0.3) is 5.91 Å². The number of rotatable bonds is 3. The van der Waals surface area contributed by atoms with E-state index in [-0.39, 0.29) is 11.3 Å². The number of para-hydroxylation sites is 1. The molecule has 0 saturated carbocycles. The molecule has 0 saturated heterocycles. The Balaban J connectivity index is 2.30. The van der Waals surface area contributed by atoms with Gasteiger partial charge in [0.2, 0.25) is 0 Å². The topological polar surface area (TPSA) is 46.2 Å². The van der Waals surface area contributed by atoms with Crippen LogP contribution in [0.5, 0.6) is 0 Å². The lowest BCUT2D eigenvalue weighted by molar-refractivity contribution is 0.101. The van der Waals surface area contributed by atoms with E-state index in [0.717, 1.165) is 0 Å². The number of carbonyl (C=O) groups is 2. The Morgan fingerprint density at radius 2 is 1.80 bits per heavy atom. The van der Waals surface area contributed by atoms with Gasteiger partial charge >= 0.3 is 0 Å². The number of nitrogens with one attached hydrogen (secondary N) is 1. The Bertz CT molecular complexity index is 685. The molecule has 0 aromatic heterocycles. The average Bonchev–Trinajstić information content (AvgIpc) is 2.38. The Kier molecular flexibility index (Phi) is 4.29. The molecule has 0 heterocycles. The van der Waals surface area contributed by atoms with Crippen LogP contribution in [0.25, 0.3) is 0 Å². The number of halogens is 2. The summed E-state index contributed by atoms with van der Waals surface area (Å²) in [6.07, 6.45) is 0. The van der Waals surface area contributed by atoms with Crippen molar-refractivity contribution in [3.8, 4) is 0 Å². The molecule has 0 aliphatic rings. The summed E-state index contributed by atoms with van der Waals surface area (Å²) in [5.74, 6) is -1.39. The largest absolute Gasteiger partial charge is 0.321 e. The summed E-state index contributed by atoms with van der Waals surface area (Å²) in [6.45, 7) is 1.41. The highest BCUT2D eigenvalue weighted by Gasteiger charge is 2.14. The number of benzene rings is 2. The number of carbonyl (C=O) groups excluding carboxylic acids is 2. The average molecular weight is 336 g/mol. The minimum atomic E-state index is -0.628. The predicted octanol–water partition coefficient (Wildman–Crippen LogP) is 4.04. The first-order valence-corrected chi connectivity index (χ1v) is 6.64. The van der Waals surface area contributed by atoms with Gasteiger partial charge in [-0.1, -0.05) is 28.1 Å². The maximum absolute atomic E-state index is 13.7. The lowest BCUT2D eigenvalue weighted by atomic mass is 10.1. The van der Waals surface area contributed by atoms with Crippen molar-refractivity contribution in [2.75, 3.05) is 5.32 Å². The van der Waals surface area contributed by atoms with Gasteiger partial charge in [-0.05, 0) is 37.3 Å². The fourth-order valence-corrected chi connectivity index (χ4v) is 2.10. The Hall–Kier alpha value is -2.01. The Labute approximate surface area is 123 Å². The molecular formula is C15H11BrFNO2. The zero-order valence-electron chi connectivity index (χ0n) is 10.6. The molecule has 2 aromatic carbocycles. The summed E-state index contributed by atoms with van der Waals surface area (Å²) in [7, 11) is 0. The lowest BCUT2D eigenvalue weighted by Gasteiger charge is -2.09. The number of hydrogen-bond donors (Lipinski definition) is 1. The Morgan fingerprint density at radius 1 is 1.10 bits per heavy atom. The predicted molar refractivity (Wildman–Crippen MR) is 78.5 cm³/mol. The van der Waals surface area contributed by atoms with Crippen molar-refractivity contribution < 1.29 is 14.0 Å². The highest BCUT2D eigenvalue weighted by atomic mass is 79.9. The second kappa shape index (κ2) is 5.96. The van der Waals surface area contributed by atoms with Crippen LogP contribution >= 0.6 is 15.9 Å². The SMILES string of the molecule is CC(=O)c1ccccc1NC(=O)c1ccc(Br)cc1F. The van der Waals surface area contributed by atoms with E-state index in [9.17, 15) is 14.0 Å². The van der Waals surface area contributed by atoms with E-state index in [0.29, 0.717) is 15.7 Å². The molecule has 0 unspecified atom stereocenters. The minimum Gasteiger partial charge on any atom is -0.321 e. The molecular weight excluding hydrogens is 325 g/mol. The van der Waals surface area contributed by atoms with Crippen LogP contribution in [0.1, 0.15) is 27.6 Å². The third-order valence-electron chi connectivity index (χ3n) is 2.73. The van der Waals surface area contributed by atoms with Gasteiger partial charge in [-0.15, -0.1) is 0 Å². The van der Waals surface area contributed by atoms with Crippen LogP contribution < -0.4 is 5.32 Å². The van der Waals surface area contributed by atoms with Crippen molar-refractivity contribution in [2.24, 2.45) is 0 Å². The normalized spacial score (nSPS) is 10.2. The summed E-state index contributed by atoms with van der Waals surface area (Å²) >= 11 is 3.13. The number of ketones is 1. The van der Waals surface area contributed by atoms with Crippen LogP contribution in [0.2, 0.25) is 0 Å². The van der Waals surface area contributed by atoms with E-state index in [1.807, 2.05) is 0 Å². The molecule has 0 bridgehead atoms. The van der Waals surface area contributed by atoms with Gasteiger partial charge < -0.3 is 5.32 Å². The highest BCUT2D eigenvalue weighted by Crippen LogP contribution is 2.19. The van der Waals surface area contributed by atoms with E-state index in [1.165, 1.54) is 19.1 Å². The molecule has 20 heavy (non-hydrogen) atoms. The number of amides is 1. The first kappa shape index (κ1) is 14.4. The molecule has 2 aromatic rings. The smallest absolute Gasteiger partial charge is 0.258 e. The standard InChI is InChI=1S/C15H11BrFNO2/c1-9(19)11-4-2-3-5-14(11)18-15(20)12-7-6-10(16)8-13(12)17/h2-8H,1H3,(H,18,20). The second-order valence-corrected chi connectivity index (χ2v) is 5.10. The molecule has 3 nitrogen and oxygen atoms in total. The van der Waals surface area contributed by atoms with Crippen LogP contribution in [0.3, 0.4) is 0 Å². The zero-order valence-corrected chi connectivity index (χ0v) is 12.2. The van der Waals surface area contributed by atoms with E-state index in [4.69, 9.17) is 0 Å². The third kappa shape index (κ3) is 3.11. The fraction of sp³-hybridized carbons (Fsp3) is 0.0667. The second-order valence-electron chi connectivity index (χ2n) is 4.18. The molecule has 1 amide bonds. The molecule has 0 atom stereocenters. The molecule has 0 fully saturated rings. The van der Waals surface area contributed by atoms with Gasteiger partial charge in [-0.2, -0.15) is 0 Å². The summed E-state index contributed by atoms with van der Waals surface area (Å²) in [4.78, 5) is 23.5. The molecule has 2 rings (SSSR count). The van der Waals surface area contributed by atoms with E-state index in [2.05, 4.69) is 21.2 Å². The zero-order chi connectivity index (χ0) is 14.7. The number of anilines is 1. The van der Waals surface area contributed by atoms with Crippen molar-refractivity contribution in [3.63, 3.8) is 0 Å². The van der Waals surface area contributed by atoms with Crippen LogP contribution in [0.15, 0.2) is 46.9 Å². The highest BCUT2D eigenvalue weighted by molar-refractivity contribution is 9.10. The van der Waals surface area contributed by atoms with Crippen molar-refractivity contribution >= 4 is 33.3 Å². The molecule has 102 valence electrons. The molecule has 0 spiro atoms. The van der Waals surface area contributed by atoms with Crippen molar-refractivity contribution in [1.29, 1.82) is 0 Å². The van der Waals surface area contributed by atoms with Gasteiger partial charge in [-0.3, -0.25) is 9.59 Å². The van der Waals surface area contributed by atoms with Crippen LogP contribution in [-0.2, 0) is 0 Å². The summed E-state index contributed by atoms with van der Waals surface area (Å²) in [6, 6.07) is 10.8. The van der Waals surface area contributed by atoms with Crippen molar-refractivity contribution in [3.05, 3.63) is 63.9 Å². The summed E-state index contributed by atoms with van der Waals surface area (Å²) in [5, 5.41) is 2.55.